The molecule has 0 bridgehead atoms. The third-order valence-corrected chi connectivity index (χ3v) is 5.64. The van der Waals surface area contributed by atoms with Gasteiger partial charge in [-0.1, -0.05) is 32.0 Å². The van der Waals surface area contributed by atoms with E-state index >= 15 is 0 Å². The summed E-state index contributed by atoms with van der Waals surface area (Å²) in [5.41, 5.74) is 18.5. The van der Waals surface area contributed by atoms with E-state index in [1.54, 1.807) is 54.9 Å². The smallest absolute Gasteiger partial charge is 0.357 e. The average molecular weight is 429 g/mol. The zero-order valence-electron chi connectivity index (χ0n) is 16.7. The Morgan fingerprint density at radius 3 is 2.27 bits per heavy atom. The van der Waals surface area contributed by atoms with Crippen molar-refractivity contribution in [2.75, 3.05) is 0 Å². The fourth-order valence-electron chi connectivity index (χ4n) is 2.89. The van der Waals surface area contributed by atoms with Gasteiger partial charge in [0.05, 0.1) is 12.2 Å². The van der Waals surface area contributed by atoms with Crippen LogP contribution in [-0.4, -0.2) is 23.0 Å². The molecule has 0 amide bonds. The highest BCUT2D eigenvalue weighted by atomic mass is 32.2. The lowest BCUT2D eigenvalue weighted by molar-refractivity contribution is 0.472. The van der Waals surface area contributed by atoms with Crippen LogP contribution in [0, 0.1) is 0 Å². The third-order valence-electron chi connectivity index (χ3n) is 4.32. The van der Waals surface area contributed by atoms with Gasteiger partial charge in [0.15, 0.2) is 10.9 Å². The molecule has 10 heteroatoms. The van der Waals surface area contributed by atoms with Crippen LogP contribution in [0.3, 0.4) is 0 Å². The number of rotatable bonds is 7. The van der Waals surface area contributed by atoms with E-state index in [1.807, 2.05) is 13.8 Å². The van der Waals surface area contributed by atoms with Crippen LogP contribution < -0.4 is 21.4 Å². The zero-order chi connectivity index (χ0) is 21.9. The van der Waals surface area contributed by atoms with Gasteiger partial charge in [0.1, 0.15) is 17.3 Å². The first-order chi connectivity index (χ1) is 14.2. The fraction of sp³-hybridized carbons (Fsp3) is 0.200. The second kappa shape index (κ2) is 8.46. The summed E-state index contributed by atoms with van der Waals surface area (Å²) in [6.07, 6.45) is 3.22. The average Bonchev–Trinajstić information content (AvgIpc) is 3.09. The van der Waals surface area contributed by atoms with Crippen molar-refractivity contribution >= 4 is 15.8 Å². The van der Waals surface area contributed by atoms with E-state index < -0.39 is 10.1 Å². The van der Waals surface area contributed by atoms with Crippen LogP contribution >= 0.6 is 0 Å². The van der Waals surface area contributed by atoms with Gasteiger partial charge in [-0.3, -0.25) is 4.98 Å². The van der Waals surface area contributed by atoms with Crippen LogP contribution in [0.5, 0.6) is 5.75 Å². The third kappa shape index (κ3) is 4.38. The van der Waals surface area contributed by atoms with Crippen molar-refractivity contribution in [3.05, 3.63) is 77.8 Å². The Labute approximate surface area is 175 Å². The molecular formula is C20H24N6O3S. The largest absolute Gasteiger partial charge is 0.393 e. The molecule has 158 valence electrons. The van der Waals surface area contributed by atoms with Gasteiger partial charge < -0.3 is 26.0 Å². The van der Waals surface area contributed by atoms with E-state index in [4.69, 9.17) is 21.4 Å². The van der Waals surface area contributed by atoms with Crippen molar-refractivity contribution in [2.45, 2.75) is 31.3 Å². The van der Waals surface area contributed by atoms with Crippen molar-refractivity contribution in [2.24, 2.45) is 17.2 Å². The van der Waals surface area contributed by atoms with Crippen molar-refractivity contribution in [3.8, 4) is 5.75 Å². The molecule has 3 aromatic rings. The van der Waals surface area contributed by atoms with Gasteiger partial charge in [0, 0.05) is 12.4 Å². The zero-order valence-corrected chi connectivity index (χ0v) is 17.5. The van der Waals surface area contributed by atoms with Gasteiger partial charge in [-0.25, -0.2) is 4.98 Å². The Balaban J connectivity index is 2.24. The van der Waals surface area contributed by atoms with Crippen LogP contribution in [0.4, 0.5) is 0 Å². The predicted molar refractivity (Wildman–Crippen MR) is 113 cm³/mol. The summed E-state index contributed by atoms with van der Waals surface area (Å²) >= 11 is 0. The molecule has 0 aliphatic heterocycles. The summed E-state index contributed by atoms with van der Waals surface area (Å²) in [4.78, 5) is 8.47. The number of benzene rings is 1. The maximum atomic E-state index is 13.3. The monoisotopic (exact) mass is 428 g/mol. The molecule has 9 nitrogen and oxygen atoms in total. The molecule has 0 fully saturated rings. The second-order valence-corrected chi connectivity index (χ2v) is 8.40. The SMILES string of the molecule is CC(C)c1nc(C(N)=C(N)N)n(Cc2ccncc2)c1S(=O)(=O)Oc1ccccc1. The molecular weight excluding hydrogens is 404 g/mol. The number of imidazole rings is 1. The summed E-state index contributed by atoms with van der Waals surface area (Å²) in [5, 5.41) is -0.0997. The van der Waals surface area contributed by atoms with Crippen LogP contribution in [0.1, 0.15) is 36.8 Å². The number of nitrogens with two attached hydrogens (primary N) is 3. The van der Waals surface area contributed by atoms with Crippen molar-refractivity contribution in [1.82, 2.24) is 14.5 Å². The minimum Gasteiger partial charge on any atom is -0.393 e. The second-order valence-electron chi connectivity index (χ2n) is 6.94. The molecule has 0 aliphatic carbocycles. The highest BCUT2D eigenvalue weighted by Crippen LogP contribution is 2.30. The number of pyridine rings is 1. The fourth-order valence-corrected chi connectivity index (χ4v) is 4.29. The summed E-state index contributed by atoms with van der Waals surface area (Å²) < 4.78 is 33.5. The molecule has 0 saturated heterocycles. The summed E-state index contributed by atoms with van der Waals surface area (Å²) in [6, 6.07) is 11.8. The first-order valence-corrected chi connectivity index (χ1v) is 10.6. The number of hydrogen-bond acceptors (Lipinski definition) is 8. The number of aromatic nitrogens is 3. The van der Waals surface area contributed by atoms with Gasteiger partial charge in [0.2, 0.25) is 0 Å². The lowest BCUT2D eigenvalue weighted by Crippen LogP contribution is -2.22. The quantitative estimate of drug-likeness (QED) is 0.481. The molecule has 30 heavy (non-hydrogen) atoms. The number of hydrogen-bond donors (Lipinski definition) is 3. The van der Waals surface area contributed by atoms with E-state index in [9.17, 15) is 8.42 Å². The van der Waals surface area contributed by atoms with Gasteiger partial charge in [-0.2, -0.15) is 8.42 Å². The Morgan fingerprint density at radius 2 is 1.70 bits per heavy atom. The number of nitrogens with zero attached hydrogens (tertiary/aromatic N) is 3. The Morgan fingerprint density at radius 1 is 1.07 bits per heavy atom. The van der Waals surface area contributed by atoms with Crippen LogP contribution in [-0.2, 0) is 16.7 Å². The van der Waals surface area contributed by atoms with Gasteiger partial charge in [-0.05, 0) is 35.7 Å². The Bertz CT molecular complexity index is 1150. The molecule has 0 radical (unpaired) electrons. The Kier molecular flexibility index (Phi) is 5.97. The molecule has 0 saturated carbocycles. The molecule has 1 aromatic carbocycles. The summed E-state index contributed by atoms with van der Waals surface area (Å²) in [7, 11) is -4.25. The molecule has 2 heterocycles. The van der Waals surface area contributed by atoms with E-state index in [2.05, 4.69) is 9.97 Å². The molecule has 0 unspecified atom stereocenters. The van der Waals surface area contributed by atoms with Crippen molar-refractivity contribution < 1.29 is 12.6 Å². The maximum absolute atomic E-state index is 13.3. The lowest BCUT2D eigenvalue weighted by atomic mass is 10.1. The molecule has 3 rings (SSSR count). The van der Waals surface area contributed by atoms with Gasteiger partial charge >= 0.3 is 10.1 Å². The summed E-state index contributed by atoms with van der Waals surface area (Å²) in [6.45, 7) is 3.81. The van der Waals surface area contributed by atoms with Crippen molar-refractivity contribution in [1.29, 1.82) is 0 Å². The van der Waals surface area contributed by atoms with E-state index in [1.165, 1.54) is 4.57 Å². The first-order valence-electron chi connectivity index (χ1n) is 9.20. The van der Waals surface area contributed by atoms with Gasteiger partial charge in [0.25, 0.3) is 0 Å². The van der Waals surface area contributed by atoms with E-state index in [0.29, 0.717) is 5.69 Å². The van der Waals surface area contributed by atoms with Crippen LogP contribution in [0.25, 0.3) is 5.70 Å². The maximum Gasteiger partial charge on any atom is 0.357 e. The minimum absolute atomic E-state index is 0.00730. The predicted octanol–water partition coefficient (Wildman–Crippen LogP) is 1.72. The normalized spacial score (nSPS) is 11.4. The first kappa shape index (κ1) is 21.2. The highest BCUT2D eigenvalue weighted by molar-refractivity contribution is 7.87. The van der Waals surface area contributed by atoms with E-state index in [0.717, 1.165) is 5.56 Å². The van der Waals surface area contributed by atoms with Crippen LogP contribution in [0.15, 0.2) is 65.7 Å². The minimum atomic E-state index is -4.25. The molecule has 0 atom stereocenters. The highest BCUT2D eigenvalue weighted by Gasteiger charge is 2.32. The summed E-state index contributed by atoms with van der Waals surface area (Å²) in [5.74, 6) is -0.0457. The molecule has 6 N–H and O–H groups in total. The molecule has 0 spiro atoms. The van der Waals surface area contributed by atoms with Gasteiger partial charge in [-0.15, -0.1) is 0 Å². The lowest BCUT2D eigenvalue weighted by Gasteiger charge is -2.15. The molecule has 2 aromatic heterocycles. The standard InChI is InChI=1S/C20H24N6O3S/c1-13(2)17-20(30(27,28)29-15-6-4-3-5-7-15)26(12-14-8-10-24-11-9-14)19(25-17)16(21)18(22)23/h3-11,13H,12,21-23H2,1-2H3. The molecule has 0 aliphatic rings. The number of para-hydroxylation sites is 1. The van der Waals surface area contributed by atoms with Crippen LogP contribution in [0.2, 0.25) is 0 Å². The van der Waals surface area contributed by atoms with Crippen molar-refractivity contribution in [3.63, 3.8) is 0 Å². The Hall–Kier alpha value is -3.53. The topological polar surface area (TPSA) is 152 Å². The van der Waals surface area contributed by atoms with E-state index in [-0.39, 0.29) is 40.6 Å².